The smallest absolute Gasteiger partial charge is 0.223 e. The molecule has 0 radical (unpaired) electrons. The number of hydrogen-bond acceptors (Lipinski definition) is 6. The molecule has 0 aliphatic rings. The van der Waals surface area contributed by atoms with Gasteiger partial charge in [0.1, 0.15) is 11.6 Å². The van der Waals surface area contributed by atoms with Gasteiger partial charge in [-0.25, -0.2) is 0 Å². The molecule has 114 valence electrons. The van der Waals surface area contributed by atoms with E-state index in [1.165, 1.54) is 0 Å². The van der Waals surface area contributed by atoms with E-state index < -0.39 is 0 Å². The van der Waals surface area contributed by atoms with Crippen LogP contribution in [-0.4, -0.2) is 48.6 Å². The van der Waals surface area contributed by atoms with E-state index in [2.05, 4.69) is 60.4 Å². The number of rotatable bonds is 8. The Morgan fingerprint density at radius 2 is 1.80 bits per heavy atom. The number of hydrogen-bond donors (Lipinski definition) is 3. The highest BCUT2D eigenvalue weighted by molar-refractivity contribution is 5.51. The van der Waals surface area contributed by atoms with Gasteiger partial charge in [0.05, 0.1) is 0 Å². The third kappa shape index (κ3) is 6.06. The van der Waals surface area contributed by atoms with Gasteiger partial charge in [-0.1, -0.05) is 20.8 Å². The molecule has 0 aliphatic carbocycles. The molecule has 0 saturated heterocycles. The second-order valence-corrected chi connectivity index (χ2v) is 6.18. The zero-order chi connectivity index (χ0) is 15.2. The normalized spacial score (nSPS) is 11.7. The summed E-state index contributed by atoms with van der Waals surface area (Å²) in [5.74, 6) is 1.83. The quantitative estimate of drug-likeness (QED) is 0.675. The van der Waals surface area contributed by atoms with Crippen LogP contribution >= 0.6 is 0 Å². The Hall–Kier alpha value is -1.56. The van der Waals surface area contributed by atoms with Crippen LogP contribution in [0.3, 0.4) is 0 Å². The molecule has 0 bridgehead atoms. The molecule has 20 heavy (non-hydrogen) atoms. The molecule has 0 fully saturated rings. The van der Waals surface area contributed by atoms with Gasteiger partial charge in [0, 0.05) is 25.7 Å². The Labute approximate surface area is 122 Å². The zero-order valence-corrected chi connectivity index (χ0v) is 13.3. The van der Waals surface area contributed by atoms with Gasteiger partial charge >= 0.3 is 0 Å². The van der Waals surface area contributed by atoms with Crippen LogP contribution in [0.1, 0.15) is 27.2 Å². The number of nitrogen functional groups attached to an aromatic ring is 1. The molecule has 6 nitrogen and oxygen atoms in total. The summed E-state index contributed by atoms with van der Waals surface area (Å²) >= 11 is 0. The van der Waals surface area contributed by atoms with E-state index in [-0.39, 0.29) is 5.41 Å². The number of nitrogens with zero attached hydrogens (tertiary/aromatic N) is 3. The minimum absolute atomic E-state index is 0.153. The van der Waals surface area contributed by atoms with Crippen LogP contribution in [0.25, 0.3) is 0 Å². The molecule has 1 heterocycles. The van der Waals surface area contributed by atoms with E-state index in [0.29, 0.717) is 5.95 Å². The van der Waals surface area contributed by atoms with Gasteiger partial charge in [-0.3, -0.25) is 0 Å². The second kappa shape index (κ2) is 7.28. The molecule has 0 amide bonds. The van der Waals surface area contributed by atoms with E-state index in [0.717, 1.165) is 37.7 Å². The van der Waals surface area contributed by atoms with E-state index >= 15 is 0 Å². The summed E-state index contributed by atoms with van der Waals surface area (Å²) in [4.78, 5) is 10.6. The van der Waals surface area contributed by atoms with Crippen LogP contribution in [-0.2, 0) is 0 Å². The van der Waals surface area contributed by atoms with Crippen molar-refractivity contribution in [1.82, 2.24) is 14.9 Å². The molecule has 1 aromatic rings. The minimum Gasteiger partial charge on any atom is -0.370 e. The highest BCUT2D eigenvalue weighted by atomic mass is 15.1. The van der Waals surface area contributed by atoms with Crippen molar-refractivity contribution < 1.29 is 0 Å². The molecular weight excluding hydrogens is 252 g/mol. The Bertz CT molecular complexity index is 416. The maximum Gasteiger partial charge on any atom is 0.223 e. The van der Waals surface area contributed by atoms with Crippen LogP contribution in [0.5, 0.6) is 0 Å². The molecule has 1 aromatic heterocycles. The van der Waals surface area contributed by atoms with Crippen molar-refractivity contribution in [2.24, 2.45) is 5.41 Å². The molecule has 0 unspecified atom stereocenters. The summed E-state index contributed by atoms with van der Waals surface area (Å²) in [6.45, 7) is 9.26. The first-order valence-corrected chi connectivity index (χ1v) is 7.09. The topological polar surface area (TPSA) is 79.1 Å². The van der Waals surface area contributed by atoms with Gasteiger partial charge in [-0.05, 0) is 25.9 Å². The average molecular weight is 280 g/mol. The Morgan fingerprint density at radius 1 is 1.20 bits per heavy atom. The zero-order valence-electron chi connectivity index (χ0n) is 13.3. The molecule has 6 heteroatoms. The first kappa shape index (κ1) is 16.5. The van der Waals surface area contributed by atoms with Crippen molar-refractivity contribution in [2.45, 2.75) is 27.2 Å². The van der Waals surface area contributed by atoms with Gasteiger partial charge in [0.15, 0.2) is 0 Å². The molecule has 4 N–H and O–H groups in total. The maximum atomic E-state index is 5.74. The largest absolute Gasteiger partial charge is 0.370 e. The van der Waals surface area contributed by atoms with Crippen LogP contribution in [0.2, 0.25) is 0 Å². The summed E-state index contributed by atoms with van der Waals surface area (Å²) < 4.78 is 0. The Kier molecular flexibility index (Phi) is 6.01. The maximum absolute atomic E-state index is 5.74. The summed E-state index contributed by atoms with van der Waals surface area (Å²) in [5, 5.41) is 6.58. The molecule has 0 saturated carbocycles. The monoisotopic (exact) mass is 280 g/mol. The fourth-order valence-electron chi connectivity index (χ4n) is 2.14. The van der Waals surface area contributed by atoms with Gasteiger partial charge in [-0.2, -0.15) is 9.97 Å². The van der Waals surface area contributed by atoms with Crippen LogP contribution < -0.4 is 16.4 Å². The molecule has 1 rings (SSSR count). The van der Waals surface area contributed by atoms with Crippen molar-refractivity contribution in [3.63, 3.8) is 0 Å². The molecular formula is C14H28N6. The average Bonchev–Trinajstić information content (AvgIpc) is 2.32. The lowest BCUT2D eigenvalue weighted by molar-refractivity contribution is 0.254. The molecule has 0 spiro atoms. The predicted molar refractivity (Wildman–Crippen MR) is 86.0 cm³/mol. The van der Waals surface area contributed by atoms with Crippen LogP contribution in [0.4, 0.5) is 17.6 Å². The van der Waals surface area contributed by atoms with Crippen LogP contribution in [0, 0.1) is 5.41 Å². The van der Waals surface area contributed by atoms with Gasteiger partial charge in [0.25, 0.3) is 0 Å². The SMILES string of the molecule is CCCNc1cc(NCC(C)(C)CN(C)C)nc(N)n1. The van der Waals surface area contributed by atoms with Gasteiger partial charge < -0.3 is 21.3 Å². The highest BCUT2D eigenvalue weighted by Crippen LogP contribution is 2.18. The third-order valence-corrected chi connectivity index (χ3v) is 2.79. The van der Waals surface area contributed by atoms with Gasteiger partial charge in [-0.15, -0.1) is 0 Å². The van der Waals surface area contributed by atoms with Gasteiger partial charge in [0.2, 0.25) is 5.95 Å². The molecule has 0 aromatic carbocycles. The Morgan fingerprint density at radius 3 is 2.35 bits per heavy atom. The number of anilines is 3. The third-order valence-electron chi connectivity index (χ3n) is 2.79. The lowest BCUT2D eigenvalue weighted by Crippen LogP contribution is -2.34. The van der Waals surface area contributed by atoms with E-state index in [9.17, 15) is 0 Å². The van der Waals surface area contributed by atoms with Crippen LogP contribution in [0.15, 0.2) is 6.07 Å². The number of aromatic nitrogens is 2. The van der Waals surface area contributed by atoms with E-state index in [1.807, 2.05) is 6.07 Å². The second-order valence-electron chi connectivity index (χ2n) is 6.18. The summed E-state index contributed by atoms with van der Waals surface area (Å²) in [6.07, 6.45) is 1.04. The van der Waals surface area contributed by atoms with E-state index in [4.69, 9.17) is 5.73 Å². The Balaban J connectivity index is 2.65. The van der Waals surface area contributed by atoms with E-state index in [1.54, 1.807) is 0 Å². The number of nitrogens with one attached hydrogen (secondary N) is 2. The highest BCUT2D eigenvalue weighted by Gasteiger charge is 2.19. The number of nitrogens with two attached hydrogens (primary N) is 1. The first-order chi connectivity index (χ1) is 9.32. The van der Waals surface area contributed by atoms with Crippen molar-refractivity contribution >= 4 is 17.6 Å². The van der Waals surface area contributed by atoms with Crippen molar-refractivity contribution in [3.8, 4) is 0 Å². The summed E-state index contributed by atoms with van der Waals surface area (Å²) in [7, 11) is 4.16. The standard InChI is InChI=1S/C14H28N6/c1-6-7-16-11-8-12(19-13(15)18-11)17-9-14(2,3)10-20(4)5/h8H,6-7,9-10H2,1-5H3,(H4,15,16,17,18,19). The predicted octanol–water partition coefficient (Wildman–Crippen LogP) is 1.88. The molecule has 0 aliphatic heterocycles. The summed E-state index contributed by atoms with van der Waals surface area (Å²) in [5.41, 5.74) is 5.89. The lowest BCUT2D eigenvalue weighted by atomic mass is 9.93. The first-order valence-electron chi connectivity index (χ1n) is 7.09. The molecule has 0 atom stereocenters. The summed E-state index contributed by atoms with van der Waals surface area (Å²) in [6, 6.07) is 1.90. The minimum atomic E-state index is 0.153. The van der Waals surface area contributed by atoms with Crippen molar-refractivity contribution in [1.29, 1.82) is 0 Å². The van der Waals surface area contributed by atoms with Crippen molar-refractivity contribution in [2.75, 3.05) is 50.1 Å². The lowest BCUT2D eigenvalue weighted by Gasteiger charge is -2.28. The fourth-order valence-corrected chi connectivity index (χ4v) is 2.14. The fraction of sp³-hybridized carbons (Fsp3) is 0.714. The van der Waals surface area contributed by atoms with Crippen molar-refractivity contribution in [3.05, 3.63) is 6.07 Å².